The van der Waals surface area contributed by atoms with E-state index in [1.807, 2.05) is 0 Å². The van der Waals surface area contributed by atoms with Gasteiger partial charge in [-0.3, -0.25) is 37.3 Å². The van der Waals surface area contributed by atoms with Crippen LogP contribution < -0.4 is 0 Å². The predicted molar refractivity (Wildman–Crippen MR) is 414 cm³/mol. The highest BCUT2D eigenvalue weighted by Gasteiger charge is 2.30. The van der Waals surface area contributed by atoms with Gasteiger partial charge in [-0.2, -0.15) is 0 Å². The number of hydrogen-bond donors (Lipinski definition) is 3. The van der Waals surface area contributed by atoms with Gasteiger partial charge in [-0.15, -0.1) is 0 Å². The zero-order valence-corrected chi connectivity index (χ0v) is 68.2. The Balaban J connectivity index is 5.25. The van der Waals surface area contributed by atoms with E-state index in [0.717, 1.165) is 108 Å². The number of aliphatic hydroxyl groups excluding tert-OH is 1. The molecule has 17 nitrogen and oxygen atoms in total. The minimum atomic E-state index is -4.96. The third-order valence-corrected chi connectivity index (χ3v) is 21.4. The van der Waals surface area contributed by atoms with E-state index in [1.165, 1.54) is 231 Å². The van der Waals surface area contributed by atoms with Crippen LogP contribution in [0.1, 0.15) is 427 Å². The van der Waals surface area contributed by atoms with Gasteiger partial charge in [0.15, 0.2) is 12.2 Å². The Bertz CT molecular complexity index is 1960. The summed E-state index contributed by atoms with van der Waals surface area (Å²) < 4.78 is 68.8. The molecular formula is C82H160O17P2. The van der Waals surface area contributed by atoms with Gasteiger partial charge in [0, 0.05) is 25.7 Å². The molecule has 600 valence electrons. The van der Waals surface area contributed by atoms with E-state index in [9.17, 15) is 43.2 Å². The van der Waals surface area contributed by atoms with Gasteiger partial charge in [-0.25, -0.2) is 9.13 Å². The molecule has 0 saturated heterocycles. The quantitative estimate of drug-likeness (QED) is 0.0222. The third kappa shape index (κ3) is 74.7. The Labute approximate surface area is 619 Å². The van der Waals surface area contributed by atoms with Crippen molar-refractivity contribution >= 4 is 39.5 Å². The summed E-state index contributed by atoms with van der Waals surface area (Å²) >= 11 is 0. The first-order valence-corrected chi connectivity index (χ1v) is 45.4. The molecule has 0 bridgehead atoms. The van der Waals surface area contributed by atoms with Crippen LogP contribution in [0.2, 0.25) is 0 Å². The first kappa shape index (κ1) is 99.1. The van der Waals surface area contributed by atoms with Crippen LogP contribution in [0.5, 0.6) is 0 Å². The van der Waals surface area contributed by atoms with Crippen LogP contribution in [0.4, 0.5) is 0 Å². The van der Waals surface area contributed by atoms with Gasteiger partial charge in [0.1, 0.15) is 19.3 Å². The van der Waals surface area contributed by atoms with Gasteiger partial charge in [0.25, 0.3) is 0 Å². The SMILES string of the molecule is CCCCCCCCCCCCCCCCCC(=O)O[C@H](COC(=O)CCCCCCCCCC(C)C)COP(=O)(O)OC[C@H](O)COP(=O)(O)OC[C@@H](COC(=O)CCCCCCCCCCCCCCCCC(C)CC)OC(=O)CCCCCCCCCCCCCCCCCC(C)C. The van der Waals surface area contributed by atoms with Crippen molar-refractivity contribution < 1.29 is 80.2 Å². The number of carbonyl (C=O) groups excluding carboxylic acids is 4. The molecule has 0 aliphatic rings. The average molecular weight is 1480 g/mol. The Morgan fingerprint density at radius 2 is 0.505 bits per heavy atom. The second-order valence-electron chi connectivity index (χ2n) is 30.7. The standard InChI is InChI=1S/C82H160O17P2/c1-8-10-11-12-13-14-15-16-18-26-31-36-43-51-58-65-82(87)99-78(70-93-80(85)64-57-50-45-38-40-47-54-61-74(5)6)72-97-101(90,91)95-68-76(83)67-94-100(88,89)96-71-77(98-81(86)66-59-52-44-37-32-27-20-17-19-23-28-33-39-46-53-60-73(3)4)69-92-79(84)63-56-49-42-35-30-25-22-21-24-29-34-41-48-55-62-75(7)9-2/h73-78,83H,8-72H2,1-7H3,(H,88,89)(H,90,91)/t75?,76-,77-,78-/m1/s1. The fourth-order valence-electron chi connectivity index (χ4n) is 12.6. The molecule has 0 radical (unpaired) electrons. The minimum Gasteiger partial charge on any atom is -0.462 e. The molecular weight excluding hydrogens is 1320 g/mol. The lowest BCUT2D eigenvalue weighted by molar-refractivity contribution is -0.161. The van der Waals surface area contributed by atoms with E-state index >= 15 is 0 Å². The molecule has 0 amide bonds. The molecule has 6 atom stereocenters. The maximum Gasteiger partial charge on any atom is 0.472 e. The molecule has 0 heterocycles. The van der Waals surface area contributed by atoms with E-state index < -0.39 is 97.5 Å². The van der Waals surface area contributed by atoms with Crippen molar-refractivity contribution in [3.63, 3.8) is 0 Å². The topological polar surface area (TPSA) is 237 Å². The van der Waals surface area contributed by atoms with Gasteiger partial charge in [-0.05, 0) is 43.4 Å². The monoisotopic (exact) mass is 1480 g/mol. The molecule has 19 heteroatoms. The molecule has 0 rings (SSSR count). The number of esters is 4. The summed E-state index contributed by atoms with van der Waals surface area (Å²) in [4.78, 5) is 73.1. The summed E-state index contributed by atoms with van der Waals surface area (Å²) in [5.41, 5.74) is 0. The zero-order valence-electron chi connectivity index (χ0n) is 66.4. The molecule has 3 unspecified atom stereocenters. The highest BCUT2D eigenvalue weighted by molar-refractivity contribution is 7.47. The number of ether oxygens (including phenoxy) is 4. The Kier molecular flexibility index (Phi) is 70.9. The smallest absolute Gasteiger partial charge is 0.462 e. The van der Waals surface area contributed by atoms with Crippen LogP contribution in [0.15, 0.2) is 0 Å². The van der Waals surface area contributed by atoms with Gasteiger partial charge >= 0.3 is 39.5 Å². The molecule has 0 aromatic rings. The van der Waals surface area contributed by atoms with Crippen LogP contribution in [-0.4, -0.2) is 96.7 Å². The van der Waals surface area contributed by atoms with Crippen molar-refractivity contribution in [2.75, 3.05) is 39.6 Å². The van der Waals surface area contributed by atoms with Crippen molar-refractivity contribution in [3.05, 3.63) is 0 Å². The predicted octanol–water partition coefficient (Wildman–Crippen LogP) is 24.5. The van der Waals surface area contributed by atoms with Gasteiger partial charge in [-0.1, -0.05) is 376 Å². The molecule has 101 heavy (non-hydrogen) atoms. The Hall–Kier alpha value is -1.94. The highest BCUT2D eigenvalue weighted by Crippen LogP contribution is 2.45. The second-order valence-corrected chi connectivity index (χ2v) is 33.6. The van der Waals surface area contributed by atoms with E-state index in [-0.39, 0.29) is 25.7 Å². The fourth-order valence-corrected chi connectivity index (χ4v) is 14.2. The molecule has 3 N–H and O–H groups in total. The number of unbranched alkanes of at least 4 members (excludes halogenated alkanes) is 47. The van der Waals surface area contributed by atoms with Crippen molar-refractivity contribution in [1.82, 2.24) is 0 Å². The van der Waals surface area contributed by atoms with Gasteiger partial charge < -0.3 is 33.8 Å². The van der Waals surface area contributed by atoms with Crippen molar-refractivity contribution in [1.29, 1.82) is 0 Å². The normalized spacial score (nSPS) is 14.2. The molecule has 0 aromatic heterocycles. The van der Waals surface area contributed by atoms with Crippen molar-refractivity contribution in [2.45, 2.75) is 446 Å². The van der Waals surface area contributed by atoms with Crippen LogP contribution in [-0.2, 0) is 65.4 Å². The van der Waals surface area contributed by atoms with Crippen LogP contribution >= 0.6 is 15.6 Å². The first-order chi connectivity index (χ1) is 48.8. The summed E-state index contributed by atoms with van der Waals surface area (Å²) in [7, 11) is -9.92. The lowest BCUT2D eigenvalue weighted by atomic mass is 9.99. The Morgan fingerprint density at radius 3 is 0.752 bits per heavy atom. The van der Waals surface area contributed by atoms with E-state index in [1.54, 1.807) is 0 Å². The highest BCUT2D eigenvalue weighted by atomic mass is 31.2. The minimum absolute atomic E-state index is 0.107. The lowest BCUT2D eigenvalue weighted by Crippen LogP contribution is -2.30. The molecule has 0 aliphatic heterocycles. The average Bonchev–Trinajstić information content (AvgIpc) is 0.949. The number of aliphatic hydroxyl groups is 1. The molecule has 0 fully saturated rings. The van der Waals surface area contributed by atoms with E-state index in [4.69, 9.17) is 37.0 Å². The summed E-state index contributed by atoms with van der Waals surface area (Å²) in [6.45, 7) is 12.0. The number of rotatable bonds is 80. The largest absolute Gasteiger partial charge is 0.472 e. The van der Waals surface area contributed by atoms with Crippen molar-refractivity contribution in [3.8, 4) is 0 Å². The number of phosphoric ester groups is 2. The molecule has 0 aliphatic carbocycles. The van der Waals surface area contributed by atoms with Crippen LogP contribution in [0.25, 0.3) is 0 Å². The second kappa shape index (κ2) is 72.3. The maximum atomic E-state index is 13.1. The molecule has 0 aromatic carbocycles. The maximum absolute atomic E-state index is 13.1. The number of hydrogen-bond acceptors (Lipinski definition) is 15. The molecule has 0 saturated carbocycles. The van der Waals surface area contributed by atoms with Crippen LogP contribution in [0.3, 0.4) is 0 Å². The van der Waals surface area contributed by atoms with E-state index in [0.29, 0.717) is 31.6 Å². The summed E-state index contributed by atoms with van der Waals surface area (Å²) in [6.07, 6.45) is 61.0. The lowest BCUT2D eigenvalue weighted by Gasteiger charge is -2.21. The number of phosphoric acid groups is 2. The van der Waals surface area contributed by atoms with Gasteiger partial charge in [0.05, 0.1) is 26.4 Å². The van der Waals surface area contributed by atoms with Crippen molar-refractivity contribution in [2.24, 2.45) is 17.8 Å². The summed E-state index contributed by atoms with van der Waals surface area (Å²) in [6, 6.07) is 0. The zero-order chi connectivity index (χ0) is 74.4. The van der Waals surface area contributed by atoms with Gasteiger partial charge in [0.2, 0.25) is 0 Å². The summed E-state index contributed by atoms with van der Waals surface area (Å²) in [5, 5.41) is 10.6. The first-order valence-electron chi connectivity index (χ1n) is 42.4. The molecule has 0 spiro atoms. The third-order valence-electron chi connectivity index (χ3n) is 19.5. The summed E-state index contributed by atoms with van der Waals surface area (Å²) in [5.74, 6) is 0.249. The van der Waals surface area contributed by atoms with Crippen LogP contribution in [0, 0.1) is 17.8 Å². The number of carbonyl (C=O) groups is 4. The fraction of sp³-hybridized carbons (Fsp3) is 0.951. The van der Waals surface area contributed by atoms with E-state index in [2.05, 4.69) is 48.5 Å². The Morgan fingerprint density at radius 1 is 0.287 bits per heavy atom.